The van der Waals surface area contributed by atoms with Crippen molar-refractivity contribution in [3.05, 3.63) is 43.0 Å². The molecule has 0 saturated carbocycles. The lowest BCUT2D eigenvalue weighted by atomic mass is 10.3. The monoisotopic (exact) mass is 149 g/mol. The molecular weight excluding hydrogens is 138 g/mol. The molecule has 1 aromatic rings. The first-order valence-electron chi connectivity index (χ1n) is 3.45. The predicted molar refractivity (Wildman–Crippen MR) is 46.3 cm³/mol. The Labute approximate surface area is 66.2 Å². The average Bonchev–Trinajstić information content (AvgIpc) is 2.06. The summed E-state index contributed by atoms with van der Waals surface area (Å²) in [5.41, 5.74) is 0.889. The van der Waals surface area contributed by atoms with Gasteiger partial charge in [0.05, 0.1) is 0 Å². The van der Waals surface area contributed by atoms with E-state index >= 15 is 0 Å². The van der Waals surface area contributed by atoms with Crippen molar-refractivity contribution in [2.75, 3.05) is 5.32 Å². The molecule has 1 unspecified atom stereocenters. The lowest BCUT2D eigenvalue weighted by Gasteiger charge is -2.08. The summed E-state index contributed by atoms with van der Waals surface area (Å²) in [6, 6.07) is 9.49. The van der Waals surface area contributed by atoms with Gasteiger partial charge in [0.25, 0.3) is 0 Å². The number of benzene rings is 1. The van der Waals surface area contributed by atoms with Crippen molar-refractivity contribution in [3.63, 3.8) is 0 Å². The quantitative estimate of drug-likeness (QED) is 0.505. The second kappa shape index (κ2) is 3.78. The first kappa shape index (κ1) is 7.82. The predicted octanol–water partition coefficient (Wildman–Crippen LogP) is 1.60. The van der Waals surface area contributed by atoms with Crippen LogP contribution in [-0.4, -0.2) is 11.3 Å². The average molecular weight is 149 g/mol. The summed E-state index contributed by atoms with van der Waals surface area (Å²) in [5.74, 6) is 0. The standard InChI is InChI=1S/C9H11NO/c1-2-9(11)10-8-6-4-3-5-7-8/h2-7,9-11H,1H2. The summed E-state index contributed by atoms with van der Waals surface area (Å²) in [5, 5.41) is 11.9. The Hall–Kier alpha value is -1.28. The van der Waals surface area contributed by atoms with Crippen LogP contribution in [0.4, 0.5) is 5.69 Å². The number of rotatable bonds is 3. The van der Waals surface area contributed by atoms with E-state index in [9.17, 15) is 0 Å². The number of aliphatic hydroxyl groups is 1. The third-order valence-electron chi connectivity index (χ3n) is 1.31. The Balaban J connectivity index is 2.57. The van der Waals surface area contributed by atoms with E-state index in [1.165, 1.54) is 6.08 Å². The van der Waals surface area contributed by atoms with Gasteiger partial charge in [-0.25, -0.2) is 0 Å². The normalized spacial score (nSPS) is 12.1. The first-order chi connectivity index (χ1) is 5.33. The van der Waals surface area contributed by atoms with Gasteiger partial charge in [-0.2, -0.15) is 0 Å². The maximum atomic E-state index is 9.08. The molecule has 0 spiro atoms. The minimum atomic E-state index is -0.669. The molecule has 1 atom stereocenters. The van der Waals surface area contributed by atoms with E-state index < -0.39 is 6.23 Å². The van der Waals surface area contributed by atoms with Crippen LogP contribution in [0.1, 0.15) is 0 Å². The molecule has 58 valence electrons. The molecule has 0 aliphatic heterocycles. The van der Waals surface area contributed by atoms with Crippen LogP contribution in [0.15, 0.2) is 43.0 Å². The third kappa shape index (κ3) is 2.43. The van der Waals surface area contributed by atoms with Crippen molar-refractivity contribution in [1.82, 2.24) is 0 Å². The van der Waals surface area contributed by atoms with Gasteiger partial charge in [0.15, 0.2) is 0 Å². The van der Waals surface area contributed by atoms with Gasteiger partial charge in [0.2, 0.25) is 0 Å². The number of anilines is 1. The summed E-state index contributed by atoms with van der Waals surface area (Å²) in [6.45, 7) is 3.44. The molecule has 1 rings (SSSR count). The van der Waals surface area contributed by atoms with Gasteiger partial charge in [0.1, 0.15) is 6.23 Å². The molecule has 0 aliphatic rings. The van der Waals surface area contributed by atoms with E-state index in [1.807, 2.05) is 30.3 Å². The highest BCUT2D eigenvalue weighted by atomic mass is 16.3. The molecule has 11 heavy (non-hydrogen) atoms. The number of para-hydroxylation sites is 1. The van der Waals surface area contributed by atoms with Gasteiger partial charge in [-0.3, -0.25) is 0 Å². The zero-order valence-electron chi connectivity index (χ0n) is 6.20. The summed E-state index contributed by atoms with van der Waals surface area (Å²) in [4.78, 5) is 0. The minimum Gasteiger partial charge on any atom is -0.370 e. The Morgan fingerprint density at radius 1 is 1.36 bits per heavy atom. The second-order valence-corrected chi connectivity index (χ2v) is 2.19. The molecule has 0 heterocycles. The van der Waals surface area contributed by atoms with Crippen molar-refractivity contribution in [1.29, 1.82) is 0 Å². The molecule has 0 bridgehead atoms. The molecule has 2 nitrogen and oxygen atoms in total. The Morgan fingerprint density at radius 2 is 2.00 bits per heavy atom. The highest BCUT2D eigenvalue weighted by molar-refractivity contribution is 5.43. The molecule has 0 saturated heterocycles. The molecule has 0 radical (unpaired) electrons. The number of nitrogens with one attached hydrogen (secondary N) is 1. The van der Waals surface area contributed by atoms with E-state index in [0.717, 1.165) is 5.69 Å². The SMILES string of the molecule is C=CC(O)Nc1ccccc1. The van der Waals surface area contributed by atoms with Crippen molar-refractivity contribution in [2.45, 2.75) is 6.23 Å². The Kier molecular flexibility index (Phi) is 2.69. The van der Waals surface area contributed by atoms with E-state index in [1.54, 1.807) is 0 Å². The van der Waals surface area contributed by atoms with Gasteiger partial charge in [-0.15, -0.1) is 0 Å². The Bertz CT molecular complexity index is 220. The lowest BCUT2D eigenvalue weighted by Crippen LogP contribution is -2.14. The fourth-order valence-corrected chi connectivity index (χ4v) is 0.764. The van der Waals surface area contributed by atoms with Crippen LogP contribution >= 0.6 is 0 Å². The van der Waals surface area contributed by atoms with Crippen LogP contribution in [0.2, 0.25) is 0 Å². The fourth-order valence-electron chi connectivity index (χ4n) is 0.764. The van der Waals surface area contributed by atoms with Crippen LogP contribution in [-0.2, 0) is 0 Å². The first-order valence-corrected chi connectivity index (χ1v) is 3.45. The van der Waals surface area contributed by atoms with Gasteiger partial charge in [-0.1, -0.05) is 24.8 Å². The van der Waals surface area contributed by atoms with Gasteiger partial charge >= 0.3 is 0 Å². The fraction of sp³-hybridized carbons (Fsp3) is 0.111. The summed E-state index contributed by atoms with van der Waals surface area (Å²) >= 11 is 0. The molecule has 0 aliphatic carbocycles. The lowest BCUT2D eigenvalue weighted by molar-refractivity contribution is 0.253. The van der Waals surface area contributed by atoms with E-state index in [0.29, 0.717) is 0 Å². The van der Waals surface area contributed by atoms with Crippen LogP contribution in [0, 0.1) is 0 Å². The van der Waals surface area contributed by atoms with Gasteiger partial charge < -0.3 is 10.4 Å². The molecular formula is C9H11NO. The third-order valence-corrected chi connectivity index (χ3v) is 1.31. The van der Waals surface area contributed by atoms with Crippen LogP contribution in [0.25, 0.3) is 0 Å². The van der Waals surface area contributed by atoms with Crippen LogP contribution in [0.5, 0.6) is 0 Å². The van der Waals surface area contributed by atoms with Crippen LogP contribution < -0.4 is 5.32 Å². The van der Waals surface area contributed by atoms with Gasteiger partial charge in [-0.05, 0) is 18.2 Å². The number of hydrogen-bond donors (Lipinski definition) is 2. The highest BCUT2D eigenvalue weighted by Crippen LogP contribution is 2.05. The van der Waals surface area contributed by atoms with Crippen molar-refractivity contribution in [3.8, 4) is 0 Å². The zero-order valence-corrected chi connectivity index (χ0v) is 6.20. The smallest absolute Gasteiger partial charge is 0.143 e. The largest absolute Gasteiger partial charge is 0.370 e. The summed E-state index contributed by atoms with van der Waals surface area (Å²) in [7, 11) is 0. The van der Waals surface area contributed by atoms with Gasteiger partial charge in [0, 0.05) is 5.69 Å². The number of aliphatic hydroxyl groups excluding tert-OH is 1. The molecule has 0 fully saturated rings. The minimum absolute atomic E-state index is 0.669. The topological polar surface area (TPSA) is 32.3 Å². The summed E-state index contributed by atoms with van der Waals surface area (Å²) < 4.78 is 0. The molecule has 2 N–H and O–H groups in total. The van der Waals surface area contributed by atoms with Crippen molar-refractivity contribution < 1.29 is 5.11 Å². The molecule has 0 amide bonds. The van der Waals surface area contributed by atoms with E-state index in [4.69, 9.17) is 5.11 Å². The zero-order chi connectivity index (χ0) is 8.10. The highest BCUT2D eigenvalue weighted by Gasteiger charge is 1.94. The van der Waals surface area contributed by atoms with E-state index in [-0.39, 0.29) is 0 Å². The van der Waals surface area contributed by atoms with Crippen molar-refractivity contribution in [2.24, 2.45) is 0 Å². The molecule has 1 aromatic carbocycles. The van der Waals surface area contributed by atoms with Crippen molar-refractivity contribution >= 4 is 5.69 Å². The number of hydrogen-bond acceptors (Lipinski definition) is 2. The maximum Gasteiger partial charge on any atom is 0.143 e. The Morgan fingerprint density at radius 3 is 2.55 bits per heavy atom. The van der Waals surface area contributed by atoms with Crippen LogP contribution in [0.3, 0.4) is 0 Å². The molecule has 0 aromatic heterocycles. The second-order valence-electron chi connectivity index (χ2n) is 2.19. The molecule has 2 heteroatoms. The van der Waals surface area contributed by atoms with E-state index in [2.05, 4.69) is 11.9 Å². The maximum absolute atomic E-state index is 9.08. The summed E-state index contributed by atoms with van der Waals surface area (Å²) in [6.07, 6.45) is 0.768.